The highest BCUT2D eigenvalue weighted by Gasteiger charge is 2.38. The Balaban J connectivity index is 1.98. The summed E-state index contributed by atoms with van der Waals surface area (Å²) in [5.74, 6) is -0.163. The van der Waals surface area contributed by atoms with E-state index in [9.17, 15) is 9.59 Å². The fraction of sp³-hybridized carbons (Fsp3) is 0.500. The molecule has 3 rings (SSSR count). The molecule has 1 saturated heterocycles. The van der Waals surface area contributed by atoms with Crippen molar-refractivity contribution in [3.8, 4) is 0 Å². The topological polar surface area (TPSA) is 77.3 Å². The highest BCUT2D eigenvalue weighted by molar-refractivity contribution is 6.30. The number of carbonyl (C=O) groups is 2. The predicted octanol–water partition coefficient (Wildman–Crippen LogP) is 3.43. The lowest BCUT2D eigenvalue weighted by Gasteiger charge is -2.41. The van der Waals surface area contributed by atoms with E-state index in [0.717, 1.165) is 6.42 Å². The van der Waals surface area contributed by atoms with Crippen LogP contribution < -0.4 is 0 Å². The Hall–Kier alpha value is -2.15. The third-order valence-corrected chi connectivity index (χ3v) is 4.00. The van der Waals surface area contributed by atoms with Crippen molar-refractivity contribution in [2.75, 3.05) is 6.54 Å². The Labute approximate surface area is 144 Å². The van der Waals surface area contributed by atoms with Gasteiger partial charge in [-0.05, 0) is 26.8 Å². The van der Waals surface area contributed by atoms with E-state index < -0.39 is 11.7 Å². The Morgan fingerprint density at radius 2 is 2.08 bits per heavy atom. The molecule has 0 bridgehead atoms. The lowest BCUT2D eigenvalue weighted by atomic mass is 10.1. The average molecular weight is 351 g/mol. The monoisotopic (exact) mass is 350 g/mol. The molecule has 0 spiro atoms. The molecule has 1 atom stereocenters. The minimum atomic E-state index is -0.566. The molecule has 8 heteroatoms. The van der Waals surface area contributed by atoms with Crippen LogP contribution in [0.15, 0.2) is 12.3 Å². The molecule has 7 nitrogen and oxygen atoms in total. The third kappa shape index (κ3) is 2.96. The van der Waals surface area contributed by atoms with Gasteiger partial charge < -0.3 is 4.74 Å². The van der Waals surface area contributed by atoms with Gasteiger partial charge in [0.1, 0.15) is 22.6 Å². The van der Waals surface area contributed by atoms with Gasteiger partial charge in [-0.15, -0.1) is 0 Å². The number of hydrogen-bond donors (Lipinski definition) is 0. The largest absolute Gasteiger partial charge is 0.444 e. The maximum absolute atomic E-state index is 12.3. The molecule has 1 amide bonds. The number of nitrogens with zero attached hydrogens (tertiary/aromatic N) is 4. The molecule has 0 aliphatic carbocycles. The summed E-state index contributed by atoms with van der Waals surface area (Å²) in [7, 11) is 0. The van der Waals surface area contributed by atoms with Crippen molar-refractivity contribution in [2.24, 2.45) is 0 Å². The van der Waals surface area contributed by atoms with Gasteiger partial charge in [0, 0.05) is 25.3 Å². The van der Waals surface area contributed by atoms with Crippen molar-refractivity contribution in [2.45, 2.75) is 45.9 Å². The minimum absolute atomic E-state index is 0.163. The van der Waals surface area contributed by atoms with Crippen molar-refractivity contribution in [3.05, 3.63) is 23.1 Å². The molecule has 0 radical (unpaired) electrons. The second kappa shape index (κ2) is 5.73. The van der Waals surface area contributed by atoms with Gasteiger partial charge in [0.25, 0.3) is 0 Å². The van der Waals surface area contributed by atoms with Crippen LogP contribution in [0.4, 0.5) is 4.79 Å². The first kappa shape index (κ1) is 16.7. The van der Waals surface area contributed by atoms with Crippen LogP contribution in [-0.2, 0) is 4.74 Å². The zero-order chi connectivity index (χ0) is 17.6. The van der Waals surface area contributed by atoms with E-state index >= 15 is 0 Å². The molecule has 2 aromatic rings. The number of ether oxygens (including phenoxy) is 1. The van der Waals surface area contributed by atoms with Crippen molar-refractivity contribution in [1.29, 1.82) is 0 Å². The summed E-state index contributed by atoms with van der Waals surface area (Å²) < 4.78 is 7.08. The van der Waals surface area contributed by atoms with Gasteiger partial charge >= 0.3 is 6.09 Å². The summed E-state index contributed by atoms with van der Waals surface area (Å²) in [6.07, 6.45) is 1.62. The van der Waals surface area contributed by atoms with Crippen molar-refractivity contribution in [1.82, 2.24) is 19.7 Å². The second-order valence-electron chi connectivity index (χ2n) is 6.82. The second-order valence-corrected chi connectivity index (χ2v) is 7.20. The van der Waals surface area contributed by atoms with Crippen LogP contribution in [0.2, 0.25) is 5.15 Å². The van der Waals surface area contributed by atoms with E-state index in [1.54, 1.807) is 21.8 Å². The summed E-state index contributed by atoms with van der Waals surface area (Å²) in [5.41, 5.74) is 0.427. The molecule has 3 heterocycles. The molecule has 2 aromatic heterocycles. The van der Waals surface area contributed by atoms with Gasteiger partial charge in [0.2, 0.25) is 0 Å². The zero-order valence-corrected chi connectivity index (χ0v) is 14.8. The number of pyridine rings is 1. The Morgan fingerprint density at radius 3 is 2.62 bits per heavy atom. The number of amides is 1. The number of rotatable bonds is 2. The zero-order valence-electron chi connectivity index (χ0n) is 14.0. The van der Waals surface area contributed by atoms with E-state index in [1.807, 2.05) is 20.8 Å². The standard InChI is InChI=1S/C16H19ClN4O3/c1-9(22)14-10-7-12(17)18-8-11(10)21(19-14)13-5-6-20(13)15(23)24-16(2,3)4/h7-8,13H,5-6H2,1-4H3. The van der Waals surface area contributed by atoms with Gasteiger partial charge in [-0.2, -0.15) is 5.10 Å². The molecule has 1 aliphatic heterocycles. The molecule has 128 valence electrons. The van der Waals surface area contributed by atoms with E-state index in [2.05, 4.69) is 10.1 Å². The summed E-state index contributed by atoms with van der Waals surface area (Å²) in [5, 5.41) is 5.33. The van der Waals surface area contributed by atoms with E-state index in [-0.39, 0.29) is 11.9 Å². The number of ketones is 1. The SMILES string of the molecule is CC(=O)c1nn(C2CCN2C(=O)OC(C)(C)C)c2cnc(Cl)cc12. The summed E-state index contributed by atoms with van der Waals surface area (Å²) in [4.78, 5) is 29.8. The van der Waals surface area contributed by atoms with E-state index in [0.29, 0.717) is 28.3 Å². The smallest absolute Gasteiger partial charge is 0.412 e. The number of hydrogen-bond acceptors (Lipinski definition) is 5. The molecular formula is C16H19ClN4O3. The van der Waals surface area contributed by atoms with Crippen LogP contribution in [0.5, 0.6) is 0 Å². The number of halogens is 1. The van der Waals surface area contributed by atoms with Gasteiger partial charge in [-0.25, -0.2) is 14.5 Å². The Kier molecular flexibility index (Phi) is 3.99. The molecule has 0 N–H and O–H groups in total. The van der Waals surface area contributed by atoms with E-state index in [1.165, 1.54) is 6.92 Å². The maximum Gasteiger partial charge on any atom is 0.412 e. The van der Waals surface area contributed by atoms with Gasteiger partial charge in [0.15, 0.2) is 5.78 Å². The van der Waals surface area contributed by atoms with Gasteiger partial charge in [-0.1, -0.05) is 11.6 Å². The predicted molar refractivity (Wildman–Crippen MR) is 89.1 cm³/mol. The third-order valence-electron chi connectivity index (χ3n) is 3.79. The molecule has 1 aliphatic rings. The molecular weight excluding hydrogens is 332 g/mol. The van der Waals surface area contributed by atoms with Crippen LogP contribution in [0.3, 0.4) is 0 Å². The normalized spacial score (nSPS) is 17.7. The van der Waals surface area contributed by atoms with Crippen LogP contribution in [-0.4, -0.2) is 43.7 Å². The fourth-order valence-electron chi connectivity index (χ4n) is 2.66. The first-order chi connectivity index (χ1) is 11.2. The first-order valence-electron chi connectivity index (χ1n) is 7.72. The van der Waals surface area contributed by atoms with Gasteiger partial charge in [-0.3, -0.25) is 9.69 Å². The lowest BCUT2D eigenvalue weighted by molar-refractivity contribution is -0.0244. The molecule has 24 heavy (non-hydrogen) atoms. The van der Waals surface area contributed by atoms with Gasteiger partial charge in [0.05, 0.1) is 11.7 Å². The highest BCUT2D eigenvalue weighted by atomic mass is 35.5. The van der Waals surface area contributed by atoms with Crippen molar-refractivity contribution in [3.63, 3.8) is 0 Å². The van der Waals surface area contributed by atoms with Crippen LogP contribution in [0.25, 0.3) is 10.9 Å². The number of Topliss-reactive ketones (excluding diaryl/α,β-unsaturated/α-hetero) is 1. The molecule has 1 unspecified atom stereocenters. The number of aromatic nitrogens is 3. The Morgan fingerprint density at radius 1 is 1.38 bits per heavy atom. The molecule has 0 saturated carbocycles. The van der Waals surface area contributed by atoms with Crippen molar-refractivity contribution >= 4 is 34.4 Å². The lowest BCUT2D eigenvalue weighted by Crippen LogP contribution is -2.50. The maximum atomic E-state index is 12.3. The number of likely N-dealkylation sites (tertiary alicyclic amines) is 1. The fourth-order valence-corrected chi connectivity index (χ4v) is 2.82. The quantitative estimate of drug-likeness (QED) is 0.612. The number of fused-ring (bicyclic) bond motifs is 1. The highest BCUT2D eigenvalue weighted by Crippen LogP contribution is 2.33. The molecule has 0 aromatic carbocycles. The summed E-state index contributed by atoms with van der Waals surface area (Å²) in [6, 6.07) is 1.62. The minimum Gasteiger partial charge on any atom is -0.444 e. The van der Waals surface area contributed by atoms with Crippen LogP contribution in [0.1, 0.15) is 50.8 Å². The van der Waals surface area contributed by atoms with Crippen LogP contribution >= 0.6 is 11.6 Å². The Bertz CT molecular complexity index is 825. The number of carbonyl (C=O) groups excluding carboxylic acids is 2. The van der Waals surface area contributed by atoms with Crippen LogP contribution in [0, 0.1) is 0 Å². The first-order valence-corrected chi connectivity index (χ1v) is 8.09. The summed E-state index contributed by atoms with van der Waals surface area (Å²) >= 11 is 5.94. The van der Waals surface area contributed by atoms with Crippen molar-refractivity contribution < 1.29 is 14.3 Å². The average Bonchev–Trinajstić information content (AvgIpc) is 2.74. The summed E-state index contributed by atoms with van der Waals surface area (Å²) in [6.45, 7) is 7.50. The van der Waals surface area contributed by atoms with E-state index in [4.69, 9.17) is 16.3 Å². The molecule has 1 fully saturated rings.